The standard InChI is InChI=1S/C23H21F3N4O4/c24-23(25,26)22-27-15-5-1-2-6-16(15)30(22)14-20(31)29-13-19(21(32)28-9-11-33-12-10-28)34-18-8-4-3-7-17(18)29/h1-8,19H,9-14H2. The van der Waals surface area contributed by atoms with E-state index in [4.69, 9.17) is 9.47 Å². The van der Waals surface area contributed by atoms with Crippen molar-refractivity contribution in [1.29, 1.82) is 0 Å². The highest BCUT2D eigenvalue weighted by Crippen LogP contribution is 2.35. The maximum Gasteiger partial charge on any atom is 0.449 e. The molecule has 1 atom stereocenters. The zero-order chi connectivity index (χ0) is 23.9. The first-order chi connectivity index (χ1) is 16.3. The number of anilines is 1. The molecule has 178 valence electrons. The van der Waals surface area contributed by atoms with Gasteiger partial charge in [0.2, 0.25) is 11.7 Å². The van der Waals surface area contributed by atoms with Crippen LogP contribution in [0.2, 0.25) is 0 Å². The summed E-state index contributed by atoms with van der Waals surface area (Å²) in [6.07, 6.45) is -5.71. The maximum absolute atomic E-state index is 13.7. The lowest BCUT2D eigenvalue weighted by molar-refractivity contribution is -0.147. The number of alkyl halides is 3. The quantitative estimate of drug-likeness (QED) is 0.584. The Morgan fingerprint density at radius 3 is 2.50 bits per heavy atom. The lowest BCUT2D eigenvalue weighted by atomic mass is 10.1. The number of rotatable bonds is 3. The highest BCUT2D eigenvalue weighted by atomic mass is 19.4. The van der Waals surface area contributed by atoms with Crippen LogP contribution >= 0.6 is 0 Å². The van der Waals surface area contributed by atoms with Gasteiger partial charge in [-0.25, -0.2) is 4.98 Å². The molecule has 2 aliphatic heterocycles. The number of hydrogen-bond acceptors (Lipinski definition) is 5. The van der Waals surface area contributed by atoms with Crippen molar-refractivity contribution in [2.24, 2.45) is 0 Å². The first-order valence-electron chi connectivity index (χ1n) is 10.8. The molecule has 0 N–H and O–H groups in total. The number of halogens is 3. The molecule has 0 radical (unpaired) electrons. The largest absolute Gasteiger partial charge is 0.476 e. The van der Waals surface area contributed by atoms with Gasteiger partial charge in [0, 0.05) is 13.1 Å². The summed E-state index contributed by atoms with van der Waals surface area (Å²) in [7, 11) is 0. The second kappa shape index (κ2) is 8.64. The molecule has 1 fully saturated rings. The molecule has 34 heavy (non-hydrogen) atoms. The van der Waals surface area contributed by atoms with Gasteiger partial charge in [-0.15, -0.1) is 0 Å². The summed E-state index contributed by atoms with van der Waals surface area (Å²) < 4.78 is 53.2. The molecule has 3 heterocycles. The van der Waals surface area contributed by atoms with Gasteiger partial charge in [0.25, 0.3) is 5.91 Å². The number of aromatic nitrogens is 2. The minimum absolute atomic E-state index is 0.111. The van der Waals surface area contributed by atoms with Gasteiger partial charge in [0.1, 0.15) is 12.3 Å². The Morgan fingerprint density at radius 2 is 1.74 bits per heavy atom. The summed E-state index contributed by atoms with van der Waals surface area (Å²) in [5.41, 5.74) is 0.743. The van der Waals surface area contributed by atoms with Crippen molar-refractivity contribution in [3.05, 3.63) is 54.4 Å². The van der Waals surface area contributed by atoms with E-state index in [0.717, 1.165) is 4.57 Å². The van der Waals surface area contributed by atoms with Crippen LogP contribution in [0.15, 0.2) is 48.5 Å². The lowest BCUT2D eigenvalue weighted by Crippen LogP contribution is -2.54. The highest BCUT2D eigenvalue weighted by Gasteiger charge is 2.40. The third-order valence-electron chi connectivity index (χ3n) is 5.87. The van der Waals surface area contributed by atoms with E-state index in [9.17, 15) is 22.8 Å². The normalized spacial score (nSPS) is 18.5. The SMILES string of the molecule is O=C(C1CN(C(=O)Cn2c(C(F)(F)F)nc3ccccc32)c2ccccc2O1)N1CCOCC1. The number of amides is 2. The molecule has 0 bridgehead atoms. The van der Waals surface area contributed by atoms with Gasteiger partial charge in [0.05, 0.1) is 36.5 Å². The van der Waals surface area contributed by atoms with Crippen molar-refractivity contribution in [3.8, 4) is 5.75 Å². The molecule has 3 aromatic rings. The molecule has 8 nitrogen and oxygen atoms in total. The zero-order valence-electron chi connectivity index (χ0n) is 18.0. The summed E-state index contributed by atoms with van der Waals surface area (Å²) in [6.45, 7) is 0.925. The number of hydrogen-bond donors (Lipinski definition) is 0. The summed E-state index contributed by atoms with van der Waals surface area (Å²) in [5, 5.41) is 0. The number of benzene rings is 2. The van der Waals surface area contributed by atoms with Crippen LogP contribution in [0, 0.1) is 0 Å². The van der Waals surface area contributed by atoms with Crippen LogP contribution in [0.5, 0.6) is 5.75 Å². The molecule has 2 amide bonds. The van der Waals surface area contributed by atoms with Crippen molar-refractivity contribution in [2.45, 2.75) is 18.8 Å². The topological polar surface area (TPSA) is 76.9 Å². The third kappa shape index (κ3) is 4.07. The van der Waals surface area contributed by atoms with Crippen LogP contribution in [0.1, 0.15) is 5.82 Å². The molecule has 1 aromatic heterocycles. The Bertz CT molecular complexity index is 1240. The minimum Gasteiger partial charge on any atom is -0.476 e. The smallest absolute Gasteiger partial charge is 0.449 e. The Morgan fingerprint density at radius 1 is 1.03 bits per heavy atom. The summed E-state index contributed by atoms with van der Waals surface area (Å²) in [4.78, 5) is 33.1. The highest BCUT2D eigenvalue weighted by molar-refractivity contribution is 5.98. The van der Waals surface area contributed by atoms with Crippen molar-refractivity contribution in [3.63, 3.8) is 0 Å². The Hall–Kier alpha value is -3.60. The average molecular weight is 474 g/mol. The van der Waals surface area contributed by atoms with Gasteiger partial charge in [-0.1, -0.05) is 24.3 Å². The van der Waals surface area contributed by atoms with Crippen LogP contribution in [0.25, 0.3) is 11.0 Å². The second-order valence-corrected chi connectivity index (χ2v) is 8.02. The van der Waals surface area contributed by atoms with Crippen LogP contribution in [-0.2, 0) is 27.0 Å². The fourth-order valence-corrected chi connectivity index (χ4v) is 4.26. The number of para-hydroxylation sites is 4. The summed E-state index contributed by atoms with van der Waals surface area (Å²) >= 11 is 0. The van der Waals surface area contributed by atoms with Gasteiger partial charge < -0.3 is 23.8 Å². The molecule has 0 saturated carbocycles. The number of ether oxygens (including phenoxy) is 2. The average Bonchev–Trinajstić information content (AvgIpc) is 3.22. The second-order valence-electron chi connectivity index (χ2n) is 8.02. The lowest BCUT2D eigenvalue weighted by Gasteiger charge is -2.37. The Kier molecular flexibility index (Phi) is 5.64. The van der Waals surface area contributed by atoms with Gasteiger partial charge in [-0.05, 0) is 24.3 Å². The summed E-state index contributed by atoms with van der Waals surface area (Å²) in [6, 6.07) is 12.8. The molecule has 2 aliphatic rings. The number of morpholine rings is 1. The monoisotopic (exact) mass is 474 g/mol. The molecule has 1 unspecified atom stereocenters. The number of carbonyl (C=O) groups is 2. The first kappa shape index (κ1) is 22.2. The van der Waals surface area contributed by atoms with Gasteiger partial charge in [-0.2, -0.15) is 13.2 Å². The fourth-order valence-electron chi connectivity index (χ4n) is 4.26. The van der Waals surface area contributed by atoms with Crippen molar-refractivity contribution in [2.75, 3.05) is 37.7 Å². The van der Waals surface area contributed by atoms with Crippen LogP contribution in [-0.4, -0.2) is 65.2 Å². The number of carbonyl (C=O) groups excluding carboxylic acids is 2. The van der Waals surface area contributed by atoms with E-state index < -0.39 is 30.6 Å². The van der Waals surface area contributed by atoms with Crippen LogP contribution in [0.3, 0.4) is 0 Å². The van der Waals surface area contributed by atoms with Gasteiger partial charge in [0.15, 0.2) is 6.10 Å². The van der Waals surface area contributed by atoms with E-state index in [1.807, 2.05) is 0 Å². The molecule has 5 rings (SSSR count). The van der Waals surface area contributed by atoms with E-state index in [1.165, 1.54) is 17.0 Å². The fraction of sp³-hybridized carbons (Fsp3) is 0.348. The van der Waals surface area contributed by atoms with E-state index in [-0.39, 0.29) is 23.5 Å². The zero-order valence-corrected chi connectivity index (χ0v) is 18.0. The Balaban J connectivity index is 1.47. The number of nitrogens with zero attached hydrogens (tertiary/aromatic N) is 4. The minimum atomic E-state index is -4.74. The van der Waals surface area contributed by atoms with Crippen LogP contribution < -0.4 is 9.64 Å². The first-order valence-corrected chi connectivity index (χ1v) is 10.8. The van der Waals surface area contributed by atoms with E-state index >= 15 is 0 Å². The molecule has 0 aliphatic carbocycles. The summed E-state index contributed by atoms with van der Waals surface area (Å²) in [5.74, 6) is -1.73. The van der Waals surface area contributed by atoms with E-state index in [0.29, 0.717) is 37.7 Å². The number of fused-ring (bicyclic) bond motifs is 2. The van der Waals surface area contributed by atoms with E-state index in [1.54, 1.807) is 41.3 Å². The van der Waals surface area contributed by atoms with Crippen LogP contribution in [0.4, 0.5) is 18.9 Å². The Labute approximate surface area is 192 Å². The molecule has 0 spiro atoms. The van der Waals surface area contributed by atoms with Gasteiger partial charge in [-0.3, -0.25) is 9.59 Å². The van der Waals surface area contributed by atoms with Gasteiger partial charge >= 0.3 is 6.18 Å². The predicted octanol–water partition coefficient (Wildman–Crippen LogP) is 2.71. The van der Waals surface area contributed by atoms with Crippen molar-refractivity contribution >= 4 is 28.5 Å². The molecule has 2 aromatic carbocycles. The number of imidazole rings is 1. The molecule has 1 saturated heterocycles. The third-order valence-corrected chi connectivity index (χ3v) is 5.87. The molecule has 11 heteroatoms. The van der Waals surface area contributed by atoms with Crippen molar-refractivity contribution in [1.82, 2.24) is 14.5 Å². The van der Waals surface area contributed by atoms with Crippen molar-refractivity contribution < 1.29 is 32.2 Å². The predicted molar refractivity (Wildman–Crippen MR) is 115 cm³/mol. The molecular formula is C23H21F3N4O4. The maximum atomic E-state index is 13.7. The van der Waals surface area contributed by atoms with E-state index in [2.05, 4.69) is 4.98 Å². The molecular weight excluding hydrogens is 453 g/mol.